The number of fused-ring (bicyclic) bond motifs is 1. The summed E-state index contributed by atoms with van der Waals surface area (Å²) in [5, 5.41) is 2.90. The summed E-state index contributed by atoms with van der Waals surface area (Å²) in [5.74, 6) is -0.344. The molecule has 1 amide bonds. The Balaban J connectivity index is 1.65. The molecule has 1 atom stereocenters. The number of hydrogen-bond donors (Lipinski definition) is 2. The maximum Gasteiger partial charge on any atom is 0.225 e. The van der Waals surface area contributed by atoms with Crippen LogP contribution >= 0.6 is 0 Å². The molecular weight excluding hydrogens is 429 g/mol. The fraction of sp³-hybridized carbons (Fsp3) is 0.321. The Bertz CT molecular complexity index is 1150. The van der Waals surface area contributed by atoms with Crippen LogP contribution in [0.1, 0.15) is 36.0 Å². The van der Waals surface area contributed by atoms with Crippen LogP contribution in [0.2, 0.25) is 0 Å². The molecule has 1 unspecified atom stereocenters. The molecule has 178 valence electrons. The Hall–Kier alpha value is -3.06. The van der Waals surface area contributed by atoms with Crippen LogP contribution < -0.4 is 11.1 Å². The van der Waals surface area contributed by atoms with Crippen molar-refractivity contribution >= 4 is 11.6 Å². The predicted octanol–water partition coefficient (Wildman–Crippen LogP) is 4.90. The van der Waals surface area contributed by atoms with Crippen molar-refractivity contribution in [2.75, 3.05) is 32.5 Å². The summed E-state index contributed by atoms with van der Waals surface area (Å²) in [6.45, 7) is 1.76. The number of carbonyl (C=O) groups is 1. The van der Waals surface area contributed by atoms with Gasteiger partial charge in [-0.15, -0.1) is 0 Å². The molecule has 3 aromatic rings. The van der Waals surface area contributed by atoms with E-state index in [1.54, 1.807) is 0 Å². The lowest BCUT2D eigenvalue weighted by molar-refractivity contribution is -0.116. The first-order chi connectivity index (χ1) is 16.4. The quantitative estimate of drug-likeness (QED) is 0.476. The smallest absolute Gasteiger partial charge is 0.225 e. The van der Waals surface area contributed by atoms with E-state index in [2.05, 4.69) is 42.5 Å². The van der Waals surface area contributed by atoms with E-state index in [9.17, 15) is 9.18 Å². The standard InChI is InChI=1S/C28H32FN3O2/c1-32(2)16-4-14-28(23-8-10-24(29)11-9-23)26-12-7-21(17-22(26)19-34-28)20-5-3-6-25(18-20)31-27(33)13-15-30/h3,5-12,17-18H,4,13-16,19,30H2,1-2H3,(H,31,33). The van der Waals surface area contributed by atoms with Crippen LogP contribution in [-0.2, 0) is 21.7 Å². The molecule has 6 heteroatoms. The van der Waals surface area contributed by atoms with Gasteiger partial charge in [-0.25, -0.2) is 4.39 Å². The number of nitrogens with two attached hydrogens (primary N) is 1. The number of rotatable bonds is 9. The summed E-state index contributed by atoms with van der Waals surface area (Å²) in [6, 6.07) is 20.9. The van der Waals surface area contributed by atoms with Crippen molar-refractivity contribution in [1.82, 2.24) is 4.90 Å². The number of nitrogens with one attached hydrogen (secondary N) is 1. The zero-order valence-corrected chi connectivity index (χ0v) is 19.8. The molecule has 3 aromatic carbocycles. The molecule has 5 nitrogen and oxygen atoms in total. The predicted molar refractivity (Wildman–Crippen MR) is 134 cm³/mol. The molecule has 1 heterocycles. The van der Waals surface area contributed by atoms with Gasteiger partial charge < -0.3 is 20.7 Å². The molecule has 3 N–H and O–H groups in total. The molecule has 4 rings (SSSR count). The average Bonchev–Trinajstić information content (AvgIpc) is 3.18. The van der Waals surface area contributed by atoms with Gasteiger partial charge in [-0.05, 0) is 91.6 Å². The highest BCUT2D eigenvalue weighted by molar-refractivity contribution is 5.91. The van der Waals surface area contributed by atoms with Crippen LogP contribution in [-0.4, -0.2) is 38.0 Å². The minimum Gasteiger partial charge on any atom is -0.361 e. The van der Waals surface area contributed by atoms with Gasteiger partial charge in [0.25, 0.3) is 0 Å². The third kappa shape index (κ3) is 5.20. The van der Waals surface area contributed by atoms with E-state index in [1.165, 1.54) is 12.1 Å². The molecule has 0 bridgehead atoms. The first kappa shape index (κ1) is 24.1. The molecule has 0 aliphatic carbocycles. The molecule has 34 heavy (non-hydrogen) atoms. The second-order valence-electron chi connectivity index (χ2n) is 9.07. The second-order valence-corrected chi connectivity index (χ2v) is 9.07. The van der Waals surface area contributed by atoms with E-state index >= 15 is 0 Å². The van der Waals surface area contributed by atoms with E-state index in [-0.39, 0.29) is 11.7 Å². The van der Waals surface area contributed by atoms with Gasteiger partial charge in [0.1, 0.15) is 11.4 Å². The fourth-order valence-corrected chi connectivity index (χ4v) is 4.65. The topological polar surface area (TPSA) is 67.6 Å². The Morgan fingerprint density at radius 2 is 1.85 bits per heavy atom. The lowest BCUT2D eigenvalue weighted by atomic mass is 9.81. The molecule has 0 saturated carbocycles. The Morgan fingerprint density at radius 1 is 1.09 bits per heavy atom. The number of carbonyl (C=O) groups excluding carboxylic acids is 1. The number of benzene rings is 3. The maximum atomic E-state index is 13.7. The van der Waals surface area contributed by atoms with Gasteiger partial charge in [0, 0.05) is 18.7 Å². The highest BCUT2D eigenvalue weighted by atomic mass is 19.1. The van der Waals surface area contributed by atoms with Crippen LogP contribution in [0.5, 0.6) is 0 Å². The molecule has 0 saturated heterocycles. The van der Waals surface area contributed by atoms with E-state index in [0.717, 1.165) is 52.9 Å². The van der Waals surface area contributed by atoms with Gasteiger partial charge in [-0.1, -0.05) is 36.4 Å². The van der Waals surface area contributed by atoms with Gasteiger partial charge in [-0.3, -0.25) is 4.79 Å². The monoisotopic (exact) mass is 461 g/mol. The Kier molecular flexibility index (Phi) is 7.41. The van der Waals surface area contributed by atoms with Crippen molar-refractivity contribution in [3.63, 3.8) is 0 Å². The van der Waals surface area contributed by atoms with Gasteiger partial charge in [0.15, 0.2) is 0 Å². The summed E-state index contributed by atoms with van der Waals surface area (Å²) < 4.78 is 20.2. The third-order valence-corrected chi connectivity index (χ3v) is 6.31. The maximum absolute atomic E-state index is 13.7. The first-order valence-corrected chi connectivity index (χ1v) is 11.7. The number of anilines is 1. The summed E-state index contributed by atoms with van der Waals surface area (Å²) >= 11 is 0. The van der Waals surface area contributed by atoms with Gasteiger partial charge in [-0.2, -0.15) is 0 Å². The van der Waals surface area contributed by atoms with Crippen LogP contribution in [0.4, 0.5) is 10.1 Å². The van der Waals surface area contributed by atoms with Gasteiger partial charge in [0.05, 0.1) is 6.61 Å². The zero-order chi connectivity index (χ0) is 24.1. The lowest BCUT2D eigenvalue weighted by Crippen LogP contribution is -2.28. The normalized spacial score (nSPS) is 17.1. The van der Waals surface area contributed by atoms with E-state index < -0.39 is 5.60 Å². The molecule has 0 fully saturated rings. The second kappa shape index (κ2) is 10.5. The average molecular weight is 462 g/mol. The van der Waals surface area contributed by atoms with E-state index in [1.807, 2.05) is 36.4 Å². The molecule has 1 aliphatic heterocycles. The van der Waals surface area contributed by atoms with E-state index in [0.29, 0.717) is 19.6 Å². The Morgan fingerprint density at radius 3 is 2.59 bits per heavy atom. The van der Waals surface area contributed by atoms with Crippen molar-refractivity contribution in [2.24, 2.45) is 5.73 Å². The molecule has 1 aliphatic rings. The first-order valence-electron chi connectivity index (χ1n) is 11.7. The van der Waals surface area contributed by atoms with Crippen molar-refractivity contribution in [1.29, 1.82) is 0 Å². The highest BCUT2D eigenvalue weighted by Crippen LogP contribution is 2.46. The number of nitrogens with zero attached hydrogens (tertiary/aromatic N) is 1. The third-order valence-electron chi connectivity index (χ3n) is 6.31. The van der Waals surface area contributed by atoms with Crippen molar-refractivity contribution in [2.45, 2.75) is 31.5 Å². The van der Waals surface area contributed by atoms with Crippen LogP contribution in [0, 0.1) is 5.82 Å². The Labute approximate surface area is 200 Å². The molecular formula is C28H32FN3O2. The van der Waals surface area contributed by atoms with Gasteiger partial charge in [0.2, 0.25) is 5.91 Å². The summed E-state index contributed by atoms with van der Waals surface area (Å²) in [6.07, 6.45) is 2.06. The van der Waals surface area contributed by atoms with E-state index in [4.69, 9.17) is 10.5 Å². The molecule has 0 spiro atoms. The lowest BCUT2D eigenvalue weighted by Gasteiger charge is -2.31. The van der Waals surface area contributed by atoms with Crippen molar-refractivity contribution in [3.05, 3.63) is 89.2 Å². The molecule has 0 aromatic heterocycles. The number of hydrogen-bond acceptors (Lipinski definition) is 4. The fourth-order valence-electron chi connectivity index (χ4n) is 4.65. The molecule has 0 radical (unpaired) electrons. The SMILES string of the molecule is CN(C)CCCC1(c2ccc(F)cc2)OCc2cc(-c3cccc(NC(=O)CCN)c3)ccc21. The van der Waals surface area contributed by atoms with Crippen molar-refractivity contribution < 1.29 is 13.9 Å². The minimum atomic E-state index is -0.588. The number of ether oxygens (including phenoxy) is 1. The van der Waals surface area contributed by atoms with Crippen LogP contribution in [0.25, 0.3) is 11.1 Å². The van der Waals surface area contributed by atoms with Crippen LogP contribution in [0.3, 0.4) is 0 Å². The summed E-state index contributed by atoms with van der Waals surface area (Å²) in [5.41, 5.74) is 10.9. The van der Waals surface area contributed by atoms with Crippen molar-refractivity contribution in [3.8, 4) is 11.1 Å². The number of halogens is 1. The summed E-state index contributed by atoms with van der Waals surface area (Å²) in [4.78, 5) is 14.1. The number of amides is 1. The van der Waals surface area contributed by atoms with Gasteiger partial charge >= 0.3 is 0 Å². The minimum absolute atomic E-state index is 0.0937. The zero-order valence-electron chi connectivity index (χ0n) is 19.8. The highest BCUT2D eigenvalue weighted by Gasteiger charge is 2.41. The van der Waals surface area contributed by atoms with Crippen LogP contribution in [0.15, 0.2) is 66.7 Å². The summed E-state index contributed by atoms with van der Waals surface area (Å²) in [7, 11) is 4.12. The largest absolute Gasteiger partial charge is 0.361 e.